The number of halogens is 1. The lowest BCUT2D eigenvalue weighted by molar-refractivity contribution is 0.0970. The lowest BCUT2D eigenvalue weighted by Gasteiger charge is -2.24. The molecule has 0 aliphatic carbocycles. The van der Waals surface area contributed by atoms with E-state index in [1.165, 1.54) is 4.90 Å². The van der Waals surface area contributed by atoms with Crippen LogP contribution >= 0.6 is 11.6 Å². The van der Waals surface area contributed by atoms with Crippen molar-refractivity contribution < 1.29 is 9.21 Å². The molecule has 1 aliphatic rings. The van der Waals surface area contributed by atoms with Crippen LogP contribution in [0.2, 0.25) is 5.02 Å². The molecule has 0 bridgehead atoms. The van der Waals surface area contributed by atoms with E-state index in [1.807, 2.05) is 51.1 Å². The van der Waals surface area contributed by atoms with Crippen molar-refractivity contribution in [2.45, 2.75) is 26.8 Å². The zero-order chi connectivity index (χ0) is 21.9. The second kappa shape index (κ2) is 7.06. The summed E-state index contributed by atoms with van der Waals surface area (Å²) in [5, 5.41) is 0.980. The van der Waals surface area contributed by atoms with Crippen LogP contribution in [0.4, 0.5) is 5.82 Å². The van der Waals surface area contributed by atoms with Gasteiger partial charge in [0.25, 0.3) is 5.91 Å². The quantitative estimate of drug-likeness (QED) is 0.420. The lowest BCUT2D eigenvalue weighted by atomic mass is 9.97. The number of fused-ring (bicyclic) bond motifs is 2. The number of hydrogen-bond acceptors (Lipinski definition) is 4. The summed E-state index contributed by atoms with van der Waals surface area (Å²) in [4.78, 5) is 33.1. The number of rotatable bonds is 2. The van der Waals surface area contributed by atoms with Crippen LogP contribution in [-0.2, 0) is 0 Å². The molecule has 0 spiro atoms. The highest BCUT2D eigenvalue weighted by molar-refractivity contribution is 6.30. The van der Waals surface area contributed by atoms with E-state index in [9.17, 15) is 9.59 Å². The van der Waals surface area contributed by atoms with E-state index in [1.54, 1.807) is 24.4 Å². The van der Waals surface area contributed by atoms with Crippen LogP contribution in [0.1, 0.15) is 44.4 Å². The van der Waals surface area contributed by atoms with Gasteiger partial charge >= 0.3 is 0 Å². The Hall–Kier alpha value is -3.44. The van der Waals surface area contributed by atoms with E-state index >= 15 is 0 Å². The summed E-state index contributed by atoms with van der Waals surface area (Å²) in [6.07, 6.45) is 1.65. The van der Waals surface area contributed by atoms with E-state index in [-0.39, 0.29) is 11.2 Å². The first-order chi connectivity index (χ1) is 14.8. The van der Waals surface area contributed by atoms with E-state index in [0.29, 0.717) is 27.4 Å². The van der Waals surface area contributed by atoms with Gasteiger partial charge in [-0.1, -0.05) is 23.7 Å². The fourth-order valence-corrected chi connectivity index (χ4v) is 4.31. The molecule has 0 saturated carbocycles. The number of carbonyl (C=O) groups is 1. The summed E-state index contributed by atoms with van der Waals surface area (Å²) in [5.74, 6) is 0.113. The van der Waals surface area contributed by atoms with Gasteiger partial charge in [-0.3, -0.25) is 14.5 Å². The van der Waals surface area contributed by atoms with Crippen LogP contribution in [0, 0.1) is 20.8 Å². The van der Waals surface area contributed by atoms with Crippen molar-refractivity contribution in [1.82, 2.24) is 4.98 Å². The molecule has 4 aromatic rings. The molecule has 2 aromatic heterocycles. The number of carbonyl (C=O) groups excluding carboxylic acids is 1. The van der Waals surface area contributed by atoms with E-state index in [0.717, 1.165) is 22.3 Å². The number of amides is 1. The second-order valence-electron chi connectivity index (χ2n) is 7.93. The summed E-state index contributed by atoms with van der Waals surface area (Å²) in [5.41, 5.74) is 4.15. The minimum Gasteiger partial charge on any atom is -0.450 e. The Morgan fingerprint density at radius 2 is 1.77 bits per heavy atom. The number of hydrogen-bond donors (Lipinski definition) is 0. The van der Waals surface area contributed by atoms with Crippen molar-refractivity contribution in [2.75, 3.05) is 4.90 Å². The number of benzene rings is 2. The van der Waals surface area contributed by atoms with Crippen LogP contribution < -0.4 is 10.3 Å². The zero-order valence-corrected chi connectivity index (χ0v) is 18.0. The molecule has 154 valence electrons. The van der Waals surface area contributed by atoms with Crippen molar-refractivity contribution >= 4 is 34.3 Å². The Morgan fingerprint density at radius 1 is 1.00 bits per heavy atom. The smallest absolute Gasteiger partial charge is 0.296 e. The summed E-state index contributed by atoms with van der Waals surface area (Å²) in [6.45, 7) is 5.82. The fraction of sp³-hybridized carbons (Fsp3) is 0.160. The molecule has 1 atom stereocenters. The number of anilines is 1. The molecule has 2 aromatic carbocycles. The molecule has 1 aliphatic heterocycles. The summed E-state index contributed by atoms with van der Waals surface area (Å²) >= 11 is 6.26. The van der Waals surface area contributed by atoms with Crippen molar-refractivity contribution in [3.05, 3.63) is 104 Å². The average Bonchev–Trinajstić information content (AvgIpc) is 3.02. The van der Waals surface area contributed by atoms with Crippen LogP contribution in [0.3, 0.4) is 0 Å². The average molecular weight is 431 g/mol. The number of aromatic nitrogens is 1. The molecule has 0 radical (unpaired) electrons. The van der Waals surface area contributed by atoms with Gasteiger partial charge in [0.05, 0.1) is 17.0 Å². The predicted molar refractivity (Wildman–Crippen MR) is 121 cm³/mol. The maximum absolute atomic E-state index is 13.6. The van der Waals surface area contributed by atoms with Gasteiger partial charge in [0.1, 0.15) is 11.4 Å². The van der Waals surface area contributed by atoms with Crippen LogP contribution in [-0.4, -0.2) is 10.9 Å². The largest absolute Gasteiger partial charge is 0.450 e. The third kappa shape index (κ3) is 3.04. The van der Waals surface area contributed by atoms with Gasteiger partial charge in [-0.25, -0.2) is 4.98 Å². The SMILES string of the molecule is Cc1ccnc(N2C(=O)c3oc4cc(C)c(C)cc4c(=O)c3[C@H]2c2cccc(Cl)c2)c1. The fourth-order valence-electron chi connectivity index (χ4n) is 4.11. The van der Waals surface area contributed by atoms with Crippen LogP contribution in [0.25, 0.3) is 11.0 Å². The molecular formula is C25H19ClN2O3. The maximum Gasteiger partial charge on any atom is 0.296 e. The van der Waals surface area contributed by atoms with Crippen molar-refractivity contribution in [1.29, 1.82) is 0 Å². The molecule has 31 heavy (non-hydrogen) atoms. The molecule has 3 heterocycles. The van der Waals surface area contributed by atoms with Crippen LogP contribution in [0.15, 0.2) is 63.9 Å². The van der Waals surface area contributed by atoms with Crippen molar-refractivity contribution in [3.8, 4) is 0 Å². The molecule has 5 rings (SSSR count). The third-order valence-electron chi connectivity index (χ3n) is 5.80. The molecule has 0 unspecified atom stereocenters. The van der Waals surface area contributed by atoms with Crippen LogP contribution in [0.5, 0.6) is 0 Å². The van der Waals surface area contributed by atoms with E-state index in [2.05, 4.69) is 4.98 Å². The lowest BCUT2D eigenvalue weighted by Crippen LogP contribution is -2.30. The molecule has 1 amide bonds. The summed E-state index contributed by atoms with van der Waals surface area (Å²) in [6, 6.07) is 13.8. The normalized spacial score (nSPS) is 15.5. The molecule has 0 saturated heterocycles. The Labute approximate surface area is 183 Å². The topological polar surface area (TPSA) is 63.4 Å². The maximum atomic E-state index is 13.6. The first-order valence-corrected chi connectivity index (χ1v) is 10.3. The Balaban J connectivity index is 1.85. The standard InChI is InChI=1S/C25H19ClN2O3/c1-13-7-8-27-20(9-13)28-22(16-5-4-6-17(26)12-16)21-23(29)18-10-14(2)15(3)11-19(18)31-24(21)25(28)30/h4-12,22H,1-3H3/t22-/m1/s1. The van der Waals surface area contributed by atoms with Gasteiger partial charge in [0.15, 0.2) is 5.43 Å². The van der Waals surface area contributed by atoms with E-state index in [4.69, 9.17) is 16.0 Å². The molecule has 0 N–H and O–H groups in total. The van der Waals surface area contributed by atoms with Crippen molar-refractivity contribution in [2.24, 2.45) is 0 Å². The number of nitrogens with zero attached hydrogens (tertiary/aromatic N) is 2. The Morgan fingerprint density at radius 3 is 2.52 bits per heavy atom. The first kappa shape index (κ1) is 19.5. The van der Waals surface area contributed by atoms with Gasteiger partial charge < -0.3 is 4.42 Å². The Bertz CT molecular complexity index is 1440. The van der Waals surface area contributed by atoms with Gasteiger partial charge in [-0.2, -0.15) is 0 Å². The molecule has 6 heteroatoms. The highest BCUT2D eigenvalue weighted by Crippen LogP contribution is 2.41. The van der Waals surface area contributed by atoms with E-state index < -0.39 is 11.9 Å². The minimum atomic E-state index is -0.683. The second-order valence-corrected chi connectivity index (χ2v) is 8.37. The summed E-state index contributed by atoms with van der Waals surface area (Å²) < 4.78 is 6.05. The first-order valence-electron chi connectivity index (χ1n) is 9.95. The minimum absolute atomic E-state index is 0.0500. The molecular weight excluding hydrogens is 412 g/mol. The molecule has 5 nitrogen and oxygen atoms in total. The van der Waals surface area contributed by atoms with Gasteiger partial charge in [0, 0.05) is 11.2 Å². The highest BCUT2D eigenvalue weighted by atomic mass is 35.5. The third-order valence-corrected chi connectivity index (χ3v) is 6.03. The van der Waals surface area contributed by atoms with Gasteiger partial charge in [-0.15, -0.1) is 0 Å². The summed E-state index contributed by atoms with van der Waals surface area (Å²) in [7, 11) is 0. The zero-order valence-electron chi connectivity index (χ0n) is 17.3. The monoisotopic (exact) mass is 430 g/mol. The number of pyridine rings is 1. The molecule has 0 fully saturated rings. The van der Waals surface area contributed by atoms with Gasteiger partial charge in [-0.05, 0) is 79.4 Å². The highest BCUT2D eigenvalue weighted by Gasteiger charge is 2.44. The van der Waals surface area contributed by atoms with Gasteiger partial charge in [0.2, 0.25) is 5.76 Å². The predicted octanol–water partition coefficient (Wildman–Crippen LogP) is 5.52. The Kier molecular flexibility index (Phi) is 4.45. The number of aryl methyl sites for hydroxylation is 3. The van der Waals surface area contributed by atoms with Crippen molar-refractivity contribution in [3.63, 3.8) is 0 Å².